The van der Waals surface area contributed by atoms with Crippen molar-refractivity contribution in [1.29, 1.82) is 0 Å². The van der Waals surface area contributed by atoms with Gasteiger partial charge in [0.1, 0.15) is 12.4 Å². The molecular formula is C23H25FN2O4. The van der Waals surface area contributed by atoms with Crippen molar-refractivity contribution in [3.8, 4) is 0 Å². The third-order valence-corrected chi connectivity index (χ3v) is 5.91. The minimum absolute atomic E-state index is 0.0326. The van der Waals surface area contributed by atoms with Crippen LogP contribution < -0.4 is 10.6 Å². The van der Waals surface area contributed by atoms with Crippen LogP contribution in [-0.4, -0.2) is 25.2 Å². The highest BCUT2D eigenvalue weighted by atomic mass is 19.1. The number of alkyl carbamates (subject to hydrolysis) is 1. The summed E-state index contributed by atoms with van der Waals surface area (Å²) in [5.41, 5.74) is 1.97. The van der Waals surface area contributed by atoms with Gasteiger partial charge < -0.3 is 20.1 Å². The van der Waals surface area contributed by atoms with Gasteiger partial charge in [-0.3, -0.25) is 0 Å². The lowest BCUT2D eigenvalue weighted by atomic mass is 9.81. The molecule has 0 bridgehead atoms. The number of anilines is 1. The monoisotopic (exact) mass is 412 g/mol. The Bertz CT molecular complexity index is 946. The molecule has 158 valence electrons. The molecule has 1 heterocycles. The van der Waals surface area contributed by atoms with E-state index < -0.39 is 23.9 Å². The molecule has 1 aliphatic carbocycles. The molecule has 0 spiro atoms. The molecule has 0 saturated heterocycles. The summed E-state index contributed by atoms with van der Waals surface area (Å²) >= 11 is 0. The number of carbonyl (C=O) groups excluding carboxylic acids is 2. The number of fused-ring (bicyclic) bond motifs is 1. The average molecular weight is 412 g/mol. The maximum atomic E-state index is 14.5. The van der Waals surface area contributed by atoms with Crippen molar-refractivity contribution >= 4 is 17.7 Å². The standard InChI is InChI=1S/C23H25FN2O4/c1-13-20(15-8-9-15)25-19-11-18(24)16(22(27)29-2)10-17(19)21(13)26-23(28)30-12-14-6-4-3-5-7-14/h3-7,10-11,13,15,20-21,25H,8-9,12H2,1-2H3,(H,26,28)/t13-,20+,21?/m0/s1. The molecule has 2 aromatic carbocycles. The van der Waals surface area contributed by atoms with Crippen LogP contribution in [0.3, 0.4) is 0 Å². The first-order valence-corrected chi connectivity index (χ1v) is 10.1. The van der Waals surface area contributed by atoms with Gasteiger partial charge in [0.15, 0.2) is 0 Å². The molecule has 30 heavy (non-hydrogen) atoms. The van der Waals surface area contributed by atoms with E-state index >= 15 is 0 Å². The molecule has 2 aromatic rings. The minimum Gasteiger partial charge on any atom is -0.465 e. The summed E-state index contributed by atoms with van der Waals surface area (Å²) in [4.78, 5) is 24.5. The van der Waals surface area contributed by atoms with Gasteiger partial charge in [-0.1, -0.05) is 37.3 Å². The lowest BCUT2D eigenvalue weighted by Crippen LogP contribution is -2.45. The molecule has 0 aromatic heterocycles. The number of hydrogen-bond acceptors (Lipinski definition) is 5. The van der Waals surface area contributed by atoms with Crippen LogP contribution in [0, 0.1) is 17.7 Å². The SMILES string of the molecule is COC(=O)c1cc2c(cc1F)N[C@@H](C1CC1)[C@H](C)C2NC(=O)OCc1ccccc1. The number of nitrogens with one attached hydrogen (secondary N) is 2. The van der Waals surface area contributed by atoms with Gasteiger partial charge in [0, 0.05) is 17.6 Å². The molecule has 6 nitrogen and oxygen atoms in total. The highest BCUT2D eigenvalue weighted by Crippen LogP contribution is 2.46. The first-order chi connectivity index (χ1) is 14.5. The molecule has 1 fully saturated rings. The predicted octanol–water partition coefficient (Wildman–Crippen LogP) is 4.42. The zero-order chi connectivity index (χ0) is 21.3. The van der Waals surface area contributed by atoms with Crippen LogP contribution in [0.4, 0.5) is 14.9 Å². The highest BCUT2D eigenvalue weighted by molar-refractivity contribution is 5.91. The van der Waals surface area contributed by atoms with Crippen LogP contribution >= 0.6 is 0 Å². The topological polar surface area (TPSA) is 76.7 Å². The second-order valence-electron chi connectivity index (χ2n) is 7.96. The van der Waals surface area contributed by atoms with E-state index in [-0.39, 0.29) is 24.1 Å². The van der Waals surface area contributed by atoms with Crippen LogP contribution in [-0.2, 0) is 16.1 Å². The molecule has 4 rings (SSSR count). The van der Waals surface area contributed by atoms with E-state index in [4.69, 9.17) is 9.47 Å². The fourth-order valence-electron chi connectivity index (χ4n) is 4.14. The van der Waals surface area contributed by atoms with Gasteiger partial charge in [-0.2, -0.15) is 0 Å². The number of hydrogen-bond donors (Lipinski definition) is 2. The second kappa shape index (κ2) is 8.34. The van der Waals surface area contributed by atoms with E-state index in [0.29, 0.717) is 17.2 Å². The fourth-order valence-corrected chi connectivity index (χ4v) is 4.14. The van der Waals surface area contributed by atoms with Crippen molar-refractivity contribution < 1.29 is 23.5 Å². The van der Waals surface area contributed by atoms with Crippen molar-refractivity contribution in [3.63, 3.8) is 0 Å². The highest BCUT2D eigenvalue weighted by Gasteiger charge is 2.43. The first-order valence-electron chi connectivity index (χ1n) is 10.1. The van der Waals surface area contributed by atoms with Crippen LogP contribution in [0.2, 0.25) is 0 Å². The number of ether oxygens (including phenoxy) is 2. The number of amides is 1. The van der Waals surface area contributed by atoms with Gasteiger partial charge in [0.05, 0.1) is 18.7 Å². The summed E-state index contributed by atoms with van der Waals surface area (Å²) in [5.74, 6) is -0.883. The summed E-state index contributed by atoms with van der Waals surface area (Å²) in [5, 5.41) is 6.35. The average Bonchev–Trinajstić information content (AvgIpc) is 3.59. The summed E-state index contributed by atoms with van der Waals surface area (Å²) in [6.07, 6.45) is 1.65. The Kier molecular flexibility index (Phi) is 5.61. The van der Waals surface area contributed by atoms with Crippen LogP contribution in [0.25, 0.3) is 0 Å². The maximum absolute atomic E-state index is 14.5. The third kappa shape index (κ3) is 4.10. The number of methoxy groups -OCH3 is 1. The fraction of sp³-hybridized carbons (Fsp3) is 0.391. The van der Waals surface area contributed by atoms with E-state index in [2.05, 4.69) is 10.6 Å². The molecular weight excluding hydrogens is 387 g/mol. The Morgan fingerprint density at radius 2 is 1.93 bits per heavy atom. The van der Waals surface area contributed by atoms with Gasteiger partial charge in [0.2, 0.25) is 0 Å². The van der Waals surface area contributed by atoms with Crippen LogP contribution in [0.15, 0.2) is 42.5 Å². The molecule has 3 atom stereocenters. The zero-order valence-corrected chi connectivity index (χ0v) is 17.0. The molecule has 7 heteroatoms. The smallest absolute Gasteiger partial charge is 0.407 e. The maximum Gasteiger partial charge on any atom is 0.407 e. The van der Waals surface area contributed by atoms with Crippen molar-refractivity contribution in [1.82, 2.24) is 5.32 Å². The quantitative estimate of drug-likeness (QED) is 0.711. The van der Waals surface area contributed by atoms with Gasteiger partial charge in [-0.05, 0) is 42.0 Å². The lowest BCUT2D eigenvalue weighted by molar-refractivity contribution is 0.0595. The Morgan fingerprint density at radius 1 is 1.20 bits per heavy atom. The summed E-state index contributed by atoms with van der Waals surface area (Å²) < 4.78 is 24.6. The van der Waals surface area contributed by atoms with E-state index in [1.54, 1.807) is 0 Å². The largest absolute Gasteiger partial charge is 0.465 e. The van der Waals surface area contributed by atoms with Crippen molar-refractivity contribution in [2.45, 2.75) is 38.5 Å². The Labute approximate surface area is 174 Å². The second-order valence-corrected chi connectivity index (χ2v) is 7.96. The van der Waals surface area contributed by atoms with Gasteiger partial charge in [-0.15, -0.1) is 0 Å². The molecule has 1 saturated carbocycles. The van der Waals surface area contributed by atoms with Gasteiger partial charge in [0.25, 0.3) is 0 Å². The zero-order valence-electron chi connectivity index (χ0n) is 17.0. The van der Waals surface area contributed by atoms with E-state index in [0.717, 1.165) is 18.4 Å². The Morgan fingerprint density at radius 3 is 2.60 bits per heavy atom. The van der Waals surface area contributed by atoms with Crippen LogP contribution in [0.5, 0.6) is 0 Å². The Hall–Kier alpha value is -3.09. The molecule has 1 aliphatic heterocycles. The summed E-state index contributed by atoms with van der Waals surface area (Å²) in [6.45, 7) is 2.20. The summed E-state index contributed by atoms with van der Waals surface area (Å²) in [7, 11) is 1.21. The van der Waals surface area contributed by atoms with Crippen molar-refractivity contribution in [2.24, 2.45) is 11.8 Å². The molecule has 2 aliphatic rings. The molecule has 0 radical (unpaired) electrons. The summed E-state index contributed by atoms with van der Waals surface area (Å²) in [6, 6.07) is 11.9. The van der Waals surface area contributed by atoms with Gasteiger partial charge >= 0.3 is 12.1 Å². The van der Waals surface area contributed by atoms with Gasteiger partial charge in [-0.25, -0.2) is 14.0 Å². The third-order valence-electron chi connectivity index (χ3n) is 5.91. The normalized spacial score (nSPS) is 22.4. The Balaban J connectivity index is 1.58. The lowest BCUT2D eigenvalue weighted by Gasteiger charge is -2.39. The predicted molar refractivity (Wildman–Crippen MR) is 110 cm³/mol. The first kappa shape index (κ1) is 20.2. The van der Waals surface area contributed by atoms with Crippen molar-refractivity contribution in [2.75, 3.05) is 12.4 Å². The number of esters is 1. The molecule has 1 unspecified atom stereocenters. The number of rotatable bonds is 5. The van der Waals surface area contributed by atoms with Crippen molar-refractivity contribution in [3.05, 3.63) is 65.0 Å². The van der Waals surface area contributed by atoms with E-state index in [9.17, 15) is 14.0 Å². The minimum atomic E-state index is -0.752. The van der Waals surface area contributed by atoms with Crippen LogP contribution in [0.1, 0.15) is 47.3 Å². The number of halogens is 1. The number of benzene rings is 2. The van der Waals surface area contributed by atoms with E-state index in [1.165, 1.54) is 19.2 Å². The molecule has 2 N–H and O–H groups in total. The molecule has 1 amide bonds. The van der Waals surface area contributed by atoms with E-state index in [1.807, 2.05) is 37.3 Å². The number of carbonyl (C=O) groups is 2.